The number of allylic oxidation sites excluding steroid dienone is 2. The fourth-order valence-corrected chi connectivity index (χ4v) is 3.43. The average molecular weight is 313 g/mol. The first-order valence-electron chi connectivity index (χ1n) is 8.27. The van der Waals surface area contributed by atoms with Crippen molar-refractivity contribution in [3.63, 3.8) is 0 Å². The van der Waals surface area contributed by atoms with Gasteiger partial charge in [-0.15, -0.1) is 0 Å². The summed E-state index contributed by atoms with van der Waals surface area (Å²) in [6.45, 7) is 4.28. The number of likely N-dealkylation sites (tertiary alicyclic amines) is 1. The highest BCUT2D eigenvalue weighted by atomic mass is 16.3. The van der Waals surface area contributed by atoms with Crippen LogP contribution in [0.3, 0.4) is 0 Å². The van der Waals surface area contributed by atoms with Crippen LogP contribution in [0, 0.1) is 11.8 Å². The Balaban J connectivity index is 1.71. The molecular weight excluding hydrogens is 290 g/mol. The second kappa shape index (κ2) is 6.28. The zero-order valence-electron chi connectivity index (χ0n) is 13.6. The van der Waals surface area contributed by atoms with Gasteiger partial charge in [0.05, 0.1) is 24.5 Å². The summed E-state index contributed by atoms with van der Waals surface area (Å²) in [4.78, 5) is 26.1. The predicted octanol–water partition coefficient (Wildman–Crippen LogP) is 2.79. The molecule has 4 nitrogen and oxygen atoms in total. The number of amides is 2. The minimum Gasteiger partial charge on any atom is -0.387 e. The summed E-state index contributed by atoms with van der Waals surface area (Å²) in [5.41, 5.74) is 1.94. The molecule has 0 saturated carbocycles. The molecule has 2 amide bonds. The van der Waals surface area contributed by atoms with E-state index >= 15 is 0 Å². The average Bonchev–Trinajstić information content (AvgIpc) is 2.80. The third-order valence-corrected chi connectivity index (χ3v) is 4.94. The maximum Gasteiger partial charge on any atom is 0.233 e. The highest BCUT2D eigenvalue weighted by Gasteiger charge is 2.47. The highest BCUT2D eigenvalue weighted by Crippen LogP contribution is 2.35. The minimum absolute atomic E-state index is 0.0473. The van der Waals surface area contributed by atoms with E-state index in [2.05, 4.69) is 13.8 Å². The van der Waals surface area contributed by atoms with Crippen molar-refractivity contribution in [3.8, 4) is 0 Å². The van der Waals surface area contributed by atoms with Crippen LogP contribution in [0.1, 0.15) is 49.8 Å². The summed E-state index contributed by atoms with van der Waals surface area (Å²) < 4.78 is 0. The van der Waals surface area contributed by atoms with Crippen LogP contribution in [0.15, 0.2) is 36.4 Å². The van der Waals surface area contributed by atoms with Crippen molar-refractivity contribution < 1.29 is 14.7 Å². The molecule has 0 aromatic heterocycles. The van der Waals surface area contributed by atoms with Gasteiger partial charge < -0.3 is 5.11 Å². The van der Waals surface area contributed by atoms with Crippen molar-refractivity contribution in [1.82, 2.24) is 4.90 Å². The van der Waals surface area contributed by atoms with E-state index < -0.39 is 6.10 Å². The Hall–Kier alpha value is -1.94. The lowest BCUT2D eigenvalue weighted by atomic mass is 9.85. The standard InChI is InChI=1S/C19H23NO3/c1-12(2)13-7-9-14(10-8-13)17(21)11-20-18(22)15-5-3-4-6-16(15)19(20)23/h3-4,7-10,12,15-17,21H,5-6,11H2,1-2H3/t15-,16-,17+/m0/s1. The Morgan fingerprint density at radius 1 is 1.00 bits per heavy atom. The second-order valence-electron chi connectivity index (χ2n) is 6.78. The SMILES string of the molecule is CC(C)c1ccc([C@H](O)CN2C(=O)[C@H]3CC=CC[C@@H]3C2=O)cc1. The number of carbonyl (C=O) groups excluding carboxylic acids is 2. The zero-order valence-corrected chi connectivity index (χ0v) is 13.6. The molecule has 1 aromatic carbocycles. The fourth-order valence-electron chi connectivity index (χ4n) is 3.43. The van der Waals surface area contributed by atoms with Gasteiger partial charge in [-0.1, -0.05) is 50.3 Å². The summed E-state index contributed by atoms with van der Waals surface area (Å²) in [5.74, 6) is -0.311. The first kappa shape index (κ1) is 15.9. The van der Waals surface area contributed by atoms with Gasteiger partial charge in [-0.25, -0.2) is 0 Å². The van der Waals surface area contributed by atoms with Gasteiger partial charge in [-0.05, 0) is 29.9 Å². The molecule has 1 saturated heterocycles. The third kappa shape index (κ3) is 2.95. The summed E-state index contributed by atoms with van der Waals surface area (Å²) in [6, 6.07) is 7.72. The monoisotopic (exact) mass is 313 g/mol. The number of benzene rings is 1. The number of aliphatic hydroxyl groups is 1. The largest absolute Gasteiger partial charge is 0.387 e. The Bertz CT molecular complexity index is 607. The molecular formula is C19H23NO3. The summed E-state index contributed by atoms with van der Waals surface area (Å²) in [6.07, 6.45) is 4.36. The second-order valence-corrected chi connectivity index (χ2v) is 6.78. The molecule has 0 bridgehead atoms. The number of β-amino-alcohol motifs (C(OH)–C–C–N with tert-alkyl or cyclic N) is 1. The Morgan fingerprint density at radius 3 is 1.96 bits per heavy atom. The van der Waals surface area contributed by atoms with Crippen molar-refractivity contribution in [2.24, 2.45) is 11.8 Å². The number of rotatable bonds is 4. The molecule has 0 unspecified atom stereocenters. The Kier molecular flexibility index (Phi) is 4.35. The van der Waals surface area contributed by atoms with E-state index in [1.807, 2.05) is 36.4 Å². The lowest BCUT2D eigenvalue weighted by Crippen LogP contribution is -2.35. The van der Waals surface area contributed by atoms with Crippen molar-refractivity contribution in [2.75, 3.05) is 6.54 Å². The molecule has 2 aliphatic rings. The number of hydrogen-bond donors (Lipinski definition) is 1. The normalized spacial score (nSPS) is 25.1. The number of carbonyl (C=O) groups is 2. The smallest absolute Gasteiger partial charge is 0.233 e. The highest BCUT2D eigenvalue weighted by molar-refractivity contribution is 6.05. The molecule has 0 radical (unpaired) electrons. The van der Waals surface area contributed by atoms with E-state index in [9.17, 15) is 14.7 Å². The molecule has 1 aliphatic carbocycles. The van der Waals surface area contributed by atoms with Crippen LogP contribution in [0.2, 0.25) is 0 Å². The van der Waals surface area contributed by atoms with E-state index in [1.165, 1.54) is 10.5 Å². The van der Waals surface area contributed by atoms with Gasteiger partial charge in [0.1, 0.15) is 0 Å². The van der Waals surface area contributed by atoms with Crippen LogP contribution < -0.4 is 0 Å². The molecule has 1 fully saturated rings. The van der Waals surface area contributed by atoms with Gasteiger partial charge in [0, 0.05) is 0 Å². The number of fused-ring (bicyclic) bond motifs is 1. The first-order valence-corrected chi connectivity index (χ1v) is 8.27. The molecule has 1 N–H and O–H groups in total. The Labute approximate surface area is 136 Å². The number of nitrogens with zero attached hydrogens (tertiary/aromatic N) is 1. The number of aliphatic hydroxyl groups excluding tert-OH is 1. The van der Waals surface area contributed by atoms with Gasteiger partial charge in [-0.2, -0.15) is 0 Å². The van der Waals surface area contributed by atoms with Gasteiger partial charge in [0.2, 0.25) is 11.8 Å². The van der Waals surface area contributed by atoms with Crippen LogP contribution in [0.25, 0.3) is 0 Å². The summed E-state index contributed by atoms with van der Waals surface area (Å²) in [5, 5.41) is 10.4. The van der Waals surface area contributed by atoms with E-state index in [-0.39, 0.29) is 30.2 Å². The van der Waals surface area contributed by atoms with Crippen molar-refractivity contribution in [1.29, 1.82) is 0 Å². The molecule has 0 spiro atoms. The van der Waals surface area contributed by atoms with Crippen molar-refractivity contribution in [2.45, 2.75) is 38.7 Å². The minimum atomic E-state index is -0.836. The maximum absolute atomic E-state index is 12.4. The van der Waals surface area contributed by atoms with Crippen LogP contribution in [0.4, 0.5) is 0 Å². The molecule has 1 heterocycles. The summed E-state index contributed by atoms with van der Waals surface area (Å²) in [7, 11) is 0. The molecule has 4 heteroatoms. The molecule has 3 rings (SSSR count). The van der Waals surface area contributed by atoms with Crippen LogP contribution in [0.5, 0.6) is 0 Å². The van der Waals surface area contributed by atoms with Gasteiger partial charge in [-0.3, -0.25) is 14.5 Å². The molecule has 122 valence electrons. The third-order valence-electron chi connectivity index (χ3n) is 4.94. The first-order chi connectivity index (χ1) is 11.0. The number of imide groups is 1. The molecule has 1 aliphatic heterocycles. The van der Waals surface area contributed by atoms with Gasteiger partial charge in [0.25, 0.3) is 0 Å². The van der Waals surface area contributed by atoms with E-state index in [0.29, 0.717) is 18.8 Å². The molecule has 23 heavy (non-hydrogen) atoms. The van der Waals surface area contributed by atoms with Crippen LogP contribution in [-0.4, -0.2) is 28.4 Å². The fraction of sp³-hybridized carbons (Fsp3) is 0.474. The topological polar surface area (TPSA) is 57.6 Å². The maximum atomic E-state index is 12.4. The van der Waals surface area contributed by atoms with Gasteiger partial charge >= 0.3 is 0 Å². The van der Waals surface area contributed by atoms with Gasteiger partial charge in [0.15, 0.2) is 0 Å². The van der Waals surface area contributed by atoms with Crippen LogP contribution in [-0.2, 0) is 9.59 Å². The van der Waals surface area contributed by atoms with E-state index in [1.54, 1.807) is 0 Å². The van der Waals surface area contributed by atoms with E-state index in [4.69, 9.17) is 0 Å². The van der Waals surface area contributed by atoms with Crippen molar-refractivity contribution in [3.05, 3.63) is 47.5 Å². The molecule has 1 aromatic rings. The zero-order chi connectivity index (χ0) is 16.6. The van der Waals surface area contributed by atoms with Crippen LogP contribution >= 0.6 is 0 Å². The lowest BCUT2D eigenvalue weighted by Gasteiger charge is -2.20. The quantitative estimate of drug-likeness (QED) is 0.687. The van der Waals surface area contributed by atoms with E-state index in [0.717, 1.165) is 5.56 Å². The molecule has 3 atom stereocenters. The Morgan fingerprint density at radius 2 is 1.48 bits per heavy atom. The van der Waals surface area contributed by atoms with Crippen molar-refractivity contribution >= 4 is 11.8 Å². The number of hydrogen-bond acceptors (Lipinski definition) is 3. The predicted molar refractivity (Wildman–Crippen MR) is 87.6 cm³/mol. The lowest BCUT2D eigenvalue weighted by molar-refractivity contribution is -0.141. The summed E-state index contributed by atoms with van der Waals surface area (Å²) >= 11 is 0.